The Morgan fingerprint density at radius 2 is 1.89 bits per heavy atom. The van der Waals surface area contributed by atoms with Gasteiger partial charge in [0.05, 0.1) is 31.2 Å². The molecular formula is C21H22N4O3. The van der Waals surface area contributed by atoms with Crippen LogP contribution in [0.25, 0.3) is 0 Å². The van der Waals surface area contributed by atoms with Gasteiger partial charge in [0.1, 0.15) is 11.3 Å². The zero-order chi connectivity index (χ0) is 20.3. The van der Waals surface area contributed by atoms with E-state index in [1.807, 2.05) is 26.0 Å². The summed E-state index contributed by atoms with van der Waals surface area (Å²) in [5, 5.41) is 2.82. The summed E-state index contributed by atoms with van der Waals surface area (Å²) in [6.07, 6.45) is 4.93. The van der Waals surface area contributed by atoms with Crippen molar-refractivity contribution in [2.45, 2.75) is 27.3 Å². The fourth-order valence-corrected chi connectivity index (χ4v) is 2.79. The highest BCUT2D eigenvalue weighted by Crippen LogP contribution is 2.22. The lowest BCUT2D eigenvalue weighted by Gasteiger charge is -2.13. The minimum absolute atomic E-state index is 0.102. The Morgan fingerprint density at radius 1 is 1.11 bits per heavy atom. The normalized spacial score (nSPS) is 10.6. The number of hydrogen-bond acceptors (Lipinski definition) is 5. The molecule has 3 rings (SSSR count). The summed E-state index contributed by atoms with van der Waals surface area (Å²) < 4.78 is 6.67. The van der Waals surface area contributed by atoms with Crippen LogP contribution < -0.4 is 15.6 Å². The third-order valence-electron chi connectivity index (χ3n) is 4.46. The van der Waals surface area contributed by atoms with E-state index in [2.05, 4.69) is 15.3 Å². The van der Waals surface area contributed by atoms with Gasteiger partial charge in [0, 0.05) is 24.1 Å². The van der Waals surface area contributed by atoms with Crippen LogP contribution in [0.4, 0.5) is 5.69 Å². The van der Waals surface area contributed by atoms with Crippen molar-refractivity contribution in [2.24, 2.45) is 0 Å². The first-order valence-electron chi connectivity index (χ1n) is 8.82. The number of hydrogen-bond donors (Lipinski definition) is 1. The first-order chi connectivity index (χ1) is 13.4. The smallest absolute Gasteiger partial charge is 0.264 e. The fraction of sp³-hybridized carbons (Fsp3) is 0.238. The van der Waals surface area contributed by atoms with E-state index in [1.165, 1.54) is 4.57 Å². The van der Waals surface area contributed by atoms with Crippen LogP contribution in [-0.4, -0.2) is 27.6 Å². The van der Waals surface area contributed by atoms with Gasteiger partial charge in [-0.25, -0.2) is 0 Å². The Labute approximate surface area is 163 Å². The van der Waals surface area contributed by atoms with E-state index in [1.54, 1.807) is 44.8 Å². The van der Waals surface area contributed by atoms with Crippen LogP contribution in [-0.2, 0) is 6.54 Å². The summed E-state index contributed by atoms with van der Waals surface area (Å²) in [5.41, 5.74) is 3.25. The quantitative estimate of drug-likeness (QED) is 0.738. The van der Waals surface area contributed by atoms with E-state index in [9.17, 15) is 9.59 Å². The van der Waals surface area contributed by atoms with Gasteiger partial charge in [0.15, 0.2) is 0 Å². The molecule has 3 aromatic rings. The van der Waals surface area contributed by atoms with Gasteiger partial charge in [0.25, 0.3) is 11.5 Å². The average molecular weight is 378 g/mol. The topological polar surface area (TPSA) is 86.1 Å². The van der Waals surface area contributed by atoms with E-state index in [4.69, 9.17) is 4.74 Å². The molecule has 0 aliphatic carbocycles. The highest BCUT2D eigenvalue weighted by atomic mass is 16.5. The SMILES string of the molecule is COc1ccc(C)c(NC(=O)c2c(C)ccn(Cc3cnc(C)cn3)c2=O)c1. The van der Waals surface area contributed by atoms with Gasteiger partial charge < -0.3 is 14.6 Å². The molecule has 28 heavy (non-hydrogen) atoms. The second-order valence-corrected chi connectivity index (χ2v) is 6.59. The molecule has 1 amide bonds. The molecule has 2 aromatic heterocycles. The predicted octanol–water partition coefficient (Wildman–Crippen LogP) is 2.87. The number of benzene rings is 1. The molecule has 1 aromatic carbocycles. The monoisotopic (exact) mass is 378 g/mol. The molecule has 0 atom stereocenters. The Balaban J connectivity index is 1.92. The number of nitrogens with one attached hydrogen (secondary N) is 1. The predicted molar refractivity (Wildman–Crippen MR) is 107 cm³/mol. The van der Waals surface area contributed by atoms with Crippen molar-refractivity contribution in [1.29, 1.82) is 0 Å². The number of aromatic nitrogens is 3. The lowest BCUT2D eigenvalue weighted by atomic mass is 10.1. The summed E-state index contributed by atoms with van der Waals surface area (Å²) in [6.45, 7) is 5.70. The lowest BCUT2D eigenvalue weighted by Crippen LogP contribution is -2.30. The van der Waals surface area contributed by atoms with Crippen LogP contribution in [0.2, 0.25) is 0 Å². The van der Waals surface area contributed by atoms with E-state index < -0.39 is 5.91 Å². The molecule has 0 unspecified atom stereocenters. The number of methoxy groups -OCH3 is 1. The molecule has 0 radical (unpaired) electrons. The maximum Gasteiger partial charge on any atom is 0.264 e. The van der Waals surface area contributed by atoms with E-state index in [0.29, 0.717) is 22.7 Å². The van der Waals surface area contributed by atoms with Gasteiger partial charge in [0.2, 0.25) is 0 Å². The molecule has 1 N–H and O–H groups in total. The number of nitrogens with zero attached hydrogens (tertiary/aromatic N) is 3. The van der Waals surface area contributed by atoms with E-state index in [-0.39, 0.29) is 17.7 Å². The summed E-state index contributed by atoms with van der Waals surface area (Å²) >= 11 is 0. The van der Waals surface area contributed by atoms with Crippen LogP contribution in [0.5, 0.6) is 5.75 Å². The van der Waals surface area contributed by atoms with Gasteiger partial charge in [-0.2, -0.15) is 0 Å². The molecule has 0 saturated carbocycles. The second kappa shape index (κ2) is 8.04. The standard InChI is InChI=1S/C21H22N4O3/c1-13-5-6-17(28-4)9-18(13)24-20(26)19-14(2)7-8-25(21(19)27)12-16-11-22-15(3)10-23-16/h5-11H,12H2,1-4H3,(H,24,26). The molecule has 0 spiro atoms. The van der Waals surface area contributed by atoms with E-state index >= 15 is 0 Å². The Morgan fingerprint density at radius 3 is 2.57 bits per heavy atom. The number of amides is 1. The maximum atomic E-state index is 12.9. The van der Waals surface area contributed by atoms with Crippen LogP contribution >= 0.6 is 0 Å². The molecule has 0 aliphatic rings. The van der Waals surface area contributed by atoms with Crippen LogP contribution in [0.15, 0.2) is 47.7 Å². The fourth-order valence-electron chi connectivity index (χ4n) is 2.79. The van der Waals surface area contributed by atoms with Crippen LogP contribution in [0, 0.1) is 20.8 Å². The van der Waals surface area contributed by atoms with Crippen molar-refractivity contribution >= 4 is 11.6 Å². The minimum atomic E-state index is -0.455. The van der Waals surface area contributed by atoms with E-state index in [0.717, 1.165) is 11.3 Å². The summed E-state index contributed by atoms with van der Waals surface area (Å²) in [7, 11) is 1.56. The molecular weight excluding hydrogens is 356 g/mol. The molecule has 0 bridgehead atoms. The van der Waals surface area contributed by atoms with Crippen molar-refractivity contribution in [2.75, 3.05) is 12.4 Å². The van der Waals surface area contributed by atoms with Crippen LogP contribution in [0.3, 0.4) is 0 Å². The van der Waals surface area contributed by atoms with Crippen molar-refractivity contribution in [1.82, 2.24) is 14.5 Å². The lowest BCUT2D eigenvalue weighted by molar-refractivity contribution is 0.102. The molecule has 7 nitrogen and oxygen atoms in total. The zero-order valence-electron chi connectivity index (χ0n) is 16.3. The number of carbonyl (C=O) groups is 1. The third kappa shape index (κ3) is 4.09. The number of pyridine rings is 1. The summed E-state index contributed by atoms with van der Waals surface area (Å²) in [4.78, 5) is 34.3. The number of ether oxygens (including phenoxy) is 1. The highest BCUT2D eigenvalue weighted by molar-refractivity contribution is 6.05. The van der Waals surface area contributed by atoms with Crippen molar-refractivity contribution < 1.29 is 9.53 Å². The van der Waals surface area contributed by atoms with Gasteiger partial charge in [-0.1, -0.05) is 6.07 Å². The van der Waals surface area contributed by atoms with Crippen molar-refractivity contribution in [3.05, 3.63) is 81.3 Å². The molecule has 144 valence electrons. The first-order valence-corrected chi connectivity index (χ1v) is 8.82. The summed E-state index contributed by atoms with van der Waals surface area (Å²) in [6, 6.07) is 7.14. The Kier molecular flexibility index (Phi) is 5.54. The van der Waals surface area contributed by atoms with Gasteiger partial charge in [-0.05, 0) is 44.0 Å². The van der Waals surface area contributed by atoms with Crippen molar-refractivity contribution in [3.8, 4) is 5.75 Å². The average Bonchev–Trinajstić information content (AvgIpc) is 2.67. The third-order valence-corrected chi connectivity index (χ3v) is 4.46. The number of aryl methyl sites for hydroxylation is 3. The molecule has 0 saturated heterocycles. The van der Waals surface area contributed by atoms with Gasteiger partial charge >= 0.3 is 0 Å². The molecule has 2 heterocycles. The number of carbonyl (C=O) groups excluding carboxylic acids is 1. The van der Waals surface area contributed by atoms with Gasteiger partial charge in [-0.3, -0.25) is 19.6 Å². The Hall–Kier alpha value is -3.48. The van der Waals surface area contributed by atoms with Crippen molar-refractivity contribution in [3.63, 3.8) is 0 Å². The van der Waals surface area contributed by atoms with Gasteiger partial charge in [-0.15, -0.1) is 0 Å². The number of anilines is 1. The van der Waals surface area contributed by atoms with Crippen LogP contribution in [0.1, 0.15) is 32.9 Å². The number of rotatable bonds is 5. The minimum Gasteiger partial charge on any atom is -0.497 e. The highest BCUT2D eigenvalue weighted by Gasteiger charge is 2.17. The molecule has 0 fully saturated rings. The zero-order valence-corrected chi connectivity index (χ0v) is 16.3. The molecule has 7 heteroatoms. The maximum absolute atomic E-state index is 12.9. The molecule has 0 aliphatic heterocycles. The second-order valence-electron chi connectivity index (χ2n) is 6.59. The summed E-state index contributed by atoms with van der Waals surface area (Å²) in [5.74, 6) is 0.171. The first kappa shape index (κ1) is 19.3. The Bertz CT molecular complexity index is 1070. The largest absolute Gasteiger partial charge is 0.497 e.